The summed E-state index contributed by atoms with van der Waals surface area (Å²) in [7, 11) is 1.58. The molecule has 8 heteroatoms. The lowest BCUT2D eigenvalue weighted by molar-refractivity contribution is 0.0958. The van der Waals surface area contributed by atoms with Crippen molar-refractivity contribution in [1.82, 2.24) is 10.4 Å². The Kier molecular flexibility index (Phi) is 6.85. The number of carbonyl (C=O) groups excluding carboxylic acids is 1. The molecule has 3 rings (SSSR count). The van der Waals surface area contributed by atoms with Gasteiger partial charge in [0.05, 0.1) is 24.0 Å². The van der Waals surface area contributed by atoms with Crippen LogP contribution in [-0.4, -0.2) is 24.2 Å². The zero-order valence-corrected chi connectivity index (χ0v) is 17.8. The van der Waals surface area contributed by atoms with Crippen molar-refractivity contribution in [2.45, 2.75) is 20.5 Å². The number of hydrogen-bond donors (Lipinski definition) is 1. The van der Waals surface area contributed by atoms with Gasteiger partial charge in [-0.1, -0.05) is 23.7 Å². The molecule has 2 aromatic carbocycles. The molecule has 150 valence electrons. The molecule has 6 nitrogen and oxygen atoms in total. The first-order valence-electron chi connectivity index (χ1n) is 8.79. The van der Waals surface area contributed by atoms with E-state index in [0.717, 1.165) is 16.1 Å². The summed E-state index contributed by atoms with van der Waals surface area (Å²) in [4.78, 5) is 17.0. The fourth-order valence-corrected chi connectivity index (χ4v) is 3.52. The summed E-state index contributed by atoms with van der Waals surface area (Å²) >= 11 is 7.25. The molecule has 0 aliphatic carbocycles. The van der Waals surface area contributed by atoms with E-state index in [2.05, 4.69) is 15.5 Å². The molecule has 1 N–H and O–H groups in total. The molecule has 1 aromatic heterocycles. The van der Waals surface area contributed by atoms with Crippen molar-refractivity contribution in [3.63, 3.8) is 0 Å². The number of thiazole rings is 1. The van der Waals surface area contributed by atoms with Crippen molar-refractivity contribution >= 4 is 35.1 Å². The second-order valence-electron chi connectivity index (χ2n) is 6.17. The SMILES string of the molecule is COc1ccc(/C=N/NC(=O)c2sc(C)nc2C)cc1OCc1ccc(Cl)cc1. The van der Waals surface area contributed by atoms with Crippen molar-refractivity contribution in [2.24, 2.45) is 5.10 Å². The number of aromatic nitrogens is 1. The number of hydrogen-bond acceptors (Lipinski definition) is 6. The summed E-state index contributed by atoms with van der Waals surface area (Å²) in [6, 6.07) is 12.8. The predicted octanol–water partition coefficient (Wildman–Crippen LogP) is 4.76. The van der Waals surface area contributed by atoms with Crippen molar-refractivity contribution in [3.8, 4) is 11.5 Å². The van der Waals surface area contributed by atoms with Gasteiger partial charge in [0, 0.05) is 5.02 Å². The third kappa shape index (κ3) is 5.56. The zero-order valence-electron chi connectivity index (χ0n) is 16.2. The van der Waals surface area contributed by atoms with E-state index in [1.54, 1.807) is 32.4 Å². The Morgan fingerprint density at radius 1 is 1.21 bits per heavy atom. The molecule has 1 amide bonds. The number of nitrogens with one attached hydrogen (secondary N) is 1. The van der Waals surface area contributed by atoms with Crippen LogP contribution < -0.4 is 14.9 Å². The minimum Gasteiger partial charge on any atom is -0.493 e. The van der Waals surface area contributed by atoms with Gasteiger partial charge in [0.1, 0.15) is 11.5 Å². The van der Waals surface area contributed by atoms with Crippen molar-refractivity contribution in [1.29, 1.82) is 0 Å². The predicted molar refractivity (Wildman–Crippen MR) is 115 cm³/mol. The smallest absolute Gasteiger partial charge is 0.283 e. The first-order chi connectivity index (χ1) is 14.0. The monoisotopic (exact) mass is 429 g/mol. The Bertz CT molecular complexity index is 1030. The third-order valence-electron chi connectivity index (χ3n) is 3.98. The lowest BCUT2D eigenvalue weighted by Crippen LogP contribution is -2.17. The Labute approximate surface area is 178 Å². The molecule has 0 aliphatic heterocycles. The first kappa shape index (κ1) is 20.8. The largest absolute Gasteiger partial charge is 0.493 e. The number of nitrogens with zero attached hydrogens (tertiary/aromatic N) is 2. The fraction of sp³-hybridized carbons (Fsp3) is 0.190. The number of aryl methyl sites for hydroxylation is 2. The van der Waals surface area contributed by atoms with Gasteiger partial charge in [-0.15, -0.1) is 11.3 Å². The molecule has 0 fully saturated rings. The van der Waals surface area contributed by atoms with Crippen LogP contribution in [0.25, 0.3) is 0 Å². The van der Waals surface area contributed by atoms with Crippen LogP contribution in [0.15, 0.2) is 47.6 Å². The summed E-state index contributed by atoms with van der Waals surface area (Å²) in [5.74, 6) is 0.902. The summed E-state index contributed by atoms with van der Waals surface area (Å²) in [5.41, 5.74) is 4.97. The van der Waals surface area contributed by atoms with E-state index in [0.29, 0.717) is 33.7 Å². The van der Waals surface area contributed by atoms with E-state index in [-0.39, 0.29) is 5.91 Å². The van der Waals surface area contributed by atoms with Gasteiger partial charge in [0.15, 0.2) is 11.5 Å². The molecular formula is C21H20ClN3O3S. The molecule has 29 heavy (non-hydrogen) atoms. The Morgan fingerprint density at radius 3 is 2.62 bits per heavy atom. The quantitative estimate of drug-likeness (QED) is 0.434. The van der Waals surface area contributed by atoms with Crippen LogP contribution in [-0.2, 0) is 6.61 Å². The van der Waals surface area contributed by atoms with Gasteiger partial charge in [-0.05, 0) is 55.3 Å². The molecule has 0 aliphatic rings. The van der Waals surface area contributed by atoms with E-state index in [1.165, 1.54) is 11.3 Å². The van der Waals surface area contributed by atoms with E-state index in [9.17, 15) is 4.79 Å². The van der Waals surface area contributed by atoms with Crippen LogP contribution in [0.5, 0.6) is 11.5 Å². The first-order valence-corrected chi connectivity index (χ1v) is 9.98. The topological polar surface area (TPSA) is 72.8 Å². The highest BCUT2D eigenvalue weighted by atomic mass is 35.5. The second-order valence-corrected chi connectivity index (χ2v) is 7.81. The van der Waals surface area contributed by atoms with Crippen molar-refractivity contribution < 1.29 is 14.3 Å². The van der Waals surface area contributed by atoms with Gasteiger partial charge in [0.2, 0.25) is 0 Å². The zero-order chi connectivity index (χ0) is 20.8. The molecular weight excluding hydrogens is 410 g/mol. The lowest BCUT2D eigenvalue weighted by Gasteiger charge is -2.11. The number of benzene rings is 2. The van der Waals surface area contributed by atoms with Gasteiger partial charge >= 0.3 is 0 Å². The molecule has 0 saturated carbocycles. The summed E-state index contributed by atoms with van der Waals surface area (Å²) in [6.07, 6.45) is 1.55. The maximum Gasteiger partial charge on any atom is 0.283 e. The second kappa shape index (κ2) is 9.54. The number of methoxy groups -OCH3 is 1. The molecule has 1 heterocycles. The summed E-state index contributed by atoms with van der Waals surface area (Å²) < 4.78 is 11.2. The van der Waals surface area contributed by atoms with Crippen LogP contribution in [0.4, 0.5) is 0 Å². The number of hydrazone groups is 1. The number of ether oxygens (including phenoxy) is 2. The minimum atomic E-state index is -0.280. The van der Waals surface area contributed by atoms with Crippen LogP contribution in [0, 0.1) is 13.8 Å². The Hall–Kier alpha value is -2.90. The Balaban J connectivity index is 1.67. The van der Waals surface area contributed by atoms with E-state index < -0.39 is 0 Å². The van der Waals surface area contributed by atoms with Gasteiger partial charge < -0.3 is 9.47 Å². The molecule has 0 unspecified atom stereocenters. The normalized spacial score (nSPS) is 10.9. The molecule has 0 spiro atoms. The van der Waals surface area contributed by atoms with Crippen LogP contribution in [0.1, 0.15) is 31.5 Å². The number of halogens is 1. The molecule has 3 aromatic rings. The highest BCUT2D eigenvalue weighted by Crippen LogP contribution is 2.28. The van der Waals surface area contributed by atoms with Crippen LogP contribution in [0.3, 0.4) is 0 Å². The standard InChI is InChI=1S/C21H20ClN3O3S/c1-13-20(29-14(2)24-13)21(26)25-23-11-16-6-9-18(27-3)19(10-16)28-12-15-4-7-17(22)8-5-15/h4-11H,12H2,1-3H3,(H,25,26)/b23-11+. The van der Waals surface area contributed by atoms with Gasteiger partial charge in [-0.3, -0.25) is 4.79 Å². The van der Waals surface area contributed by atoms with Crippen molar-refractivity contribution in [2.75, 3.05) is 7.11 Å². The number of amides is 1. The highest BCUT2D eigenvalue weighted by molar-refractivity contribution is 7.13. The lowest BCUT2D eigenvalue weighted by atomic mass is 10.2. The number of carbonyl (C=O) groups is 1. The van der Waals surface area contributed by atoms with E-state index in [1.807, 2.05) is 37.3 Å². The highest BCUT2D eigenvalue weighted by Gasteiger charge is 2.12. The van der Waals surface area contributed by atoms with Crippen molar-refractivity contribution in [3.05, 3.63) is 74.2 Å². The van der Waals surface area contributed by atoms with Crippen LogP contribution >= 0.6 is 22.9 Å². The average Bonchev–Trinajstić information content (AvgIpc) is 3.05. The van der Waals surface area contributed by atoms with Gasteiger partial charge in [-0.25, -0.2) is 10.4 Å². The minimum absolute atomic E-state index is 0.280. The fourth-order valence-electron chi connectivity index (χ4n) is 2.59. The number of rotatable bonds is 7. The molecule has 0 bridgehead atoms. The molecule has 0 radical (unpaired) electrons. The maximum atomic E-state index is 12.2. The molecule has 0 atom stereocenters. The van der Waals surface area contributed by atoms with Gasteiger partial charge in [0.25, 0.3) is 5.91 Å². The average molecular weight is 430 g/mol. The van der Waals surface area contributed by atoms with E-state index >= 15 is 0 Å². The maximum absolute atomic E-state index is 12.2. The molecule has 0 saturated heterocycles. The van der Waals surface area contributed by atoms with Crippen LogP contribution in [0.2, 0.25) is 5.02 Å². The van der Waals surface area contributed by atoms with Gasteiger partial charge in [-0.2, -0.15) is 5.10 Å². The van der Waals surface area contributed by atoms with E-state index in [4.69, 9.17) is 21.1 Å². The third-order valence-corrected chi connectivity index (χ3v) is 5.31. The Morgan fingerprint density at radius 2 is 1.97 bits per heavy atom. The summed E-state index contributed by atoms with van der Waals surface area (Å²) in [6.45, 7) is 4.03. The summed E-state index contributed by atoms with van der Waals surface area (Å²) in [5, 5.41) is 5.55.